The fourth-order valence-electron chi connectivity index (χ4n) is 2.87. The molecule has 0 aliphatic rings. The van der Waals surface area contributed by atoms with Gasteiger partial charge in [-0.05, 0) is 24.0 Å². The number of nitrogens with zero attached hydrogens (tertiary/aromatic N) is 1. The Morgan fingerprint density at radius 1 is 1.19 bits per heavy atom. The maximum atomic E-state index is 12.3. The highest BCUT2D eigenvalue weighted by Gasteiger charge is 2.12. The van der Waals surface area contributed by atoms with Crippen LogP contribution in [0, 0.1) is 0 Å². The van der Waals surface area contributed by atoms with Crippen molar-refractivity contribution in [3.63, 3.8) is 0 Å². The lowest BCUT2D eigenvalue weighted by Gasteiger charge is -2.09. The number of aromatic nitrogens is 1. The van der Waals surface area contributed by atoms with Gasteiger partial charge in [0.2, 0.25) is 5.91 Å². The predicted octanol–water partition coefficient (Wildman–Crippen LogP) is 5.51. The summed E-state index contributed by atoms with van der Waals surface area (Å²) in [5.74, 6) is 1.17. The van der Waals surface area contributed by atoms with Crippen molar-refractivity contribution in [3.05, 3.63) is 65.0 Å². The molecule has 1 heterocycles. The van der Waals surface area contributed by atoms with Crippen molar-refractivity contribution in [1.82, 2.24) is 4.98 Å². The zero-order chi connectivity index (χ0) is 19.2. The number of carbonyl (C=O) groups is 1. The topological polar surface area (TPSA) is 51.2 Å². The zero-order valence-corrected chi connectivity index (χ0v) is 16.7. The van der Waals surface area contributed by atoms with E-state index in [2.05, 4.69) is 48.4 Å². The summed E-state index contributed by atoms with van der Waals surface area (Å²) in [5, 5.41) is 5.46. The summed E-state index contributed by atoms with van der Waals surface area (Å²) in [7, 11) is 1.61. The zero-order valence-electron chi connectivity index (χ0n) is 15.9. The van der Waals surface area contributed by atoms with Crippen LogP contribution in [0.5, 0.6) is 5.75 Å². The van der Waals surface area contributed by atoms with E-state index in [1.807, 2.05) is 29.6 Å². The number of nitrogens with one attached hydrogen (secondary N) is 1. The van der Waals surface area contributed by atoms with Crippen LogP contribution < -0.4 is 10.1 Å². The number of ether oxygens (including phenoxy) is 1. The Bertz CT molecular complexity index is 903. The van der Waals surface area contributed by atoms with E-state index in [0.717, 1.165) is 23.2 Å². The summed E-state index contributed by atoms with van der Waals surface area (Å²) < 4.78 is 5.30. The first-order valence-electron chi connectivity index (χ1n) is 9.08. The van der Waals surface area contributed by atoms with Crippen LogP contribution >= 0.6 is 11.3 Å². The number of anilines is 1. The van der Waals surface area contributed by atoms with E-state index in [1.54, 1.807) is 7.11 Å². The minimum absolute atomic E-state index is 0.104. The van der Waals surface area contributed by atoms with E-state index in [0.29, 0.717) is 16.8 Å². The number of hydrogen-bond donors (Lipinski definition) is 1. The molecule has 5 heteroatoms. The Morgan fingerprint density at radius 3 is 2.63 bits per heavy atom. The van der Waals surface area contributed by atoms with E-state index < -0.39 is 0 Å². The van der Waals surface area contributed by atoms with E-state index in [9.17, 15) is 4.79 Å². The van der Waals surface area contributed by atoms with Gasteiger partial charge >= 0.3 is 0 Å². The van der Waals surface area contributed by atoms with Gasteiger partial charge in [0.15, 0.2) is 5.13 Å². The van der Waals surface area contributed by atoms with Gasteiger partial charge in [0, 0.05) is 16.5 Å². The first-order chi connectivity index (χ1) is 13.1. The second kappa shape index (κ2) is 8.82. The molecular weight excluding hydrogens is 356 g/mol. The number of para-hydroxylation sites is 1. The molecule has 0 radical (unpaired) electrons. The molecule has 1 amide bonds. The maximum Gasteiger partial charge on any atom is 0.230 e. The van der Waals surface area contributed by atoms with Gasteiger partial charge < -0.3 is 10.1 Å². The Kier molecular flexibility index (Phi) is 6.24. The molecule has 2 aromatic carbocycles. The number of benzene rings is 2. The lowest BCUT2D eigenvalue weighted by molar-refractivity contribution is -0.115. The molecular formula is C22H24N2O2S. The number of thiazole rings is 1. The highest BCUT2D eigenvalue weighted by Crippen LogP contribution is 2.27. The lowest BCUT2D eigenvalue weighted by Crippen LogP contribution is -2.14. The molecule has 0 saturated carbocycles. The first-order valence-corrected chi connectivity index (χ1v) is 9.96. The van der Waals surface area contributed by atoms with Gasteiger partial charge in [0.25, 0.3) is 0 Å². The van der Waals surface area contributed by atoms with Crippen LogP contribution in [0.25, 0.3) is 11.3 Å². The Labute approximate surface area is 164 Å². The van der Waals surface area contributed by atoms with Crippen molar-refractivity contribution in [2.75, 3.05) is 12.4 Å². The highest BCUT2D eigenvalue weighted by atomic mass is 32.1. The first kappa shape index (κ1) is 19.1. The second-order valence-electron chi connectivity index (χ2n) is 6.51. The fraction of sp³-hybridized carbons (Fsp3) is 0.273. The number of methoxy groups -OCH3 is 1. The Balaban J connectivity index is 1.66. The average molecular weight is 381 g/mol. The third kappa shape index (κ3) is 4.74. The molecule has 0 aliphatic carbocycles. The molecule has 0 aliphatic heterocycles. The van der Waals surface area contributed by atoms with Gasteiger partial charge in [-0.15, -0.1) is 11.3 Å². The Morgan fingerprint density at radius 2 is 1.93 bits per heavy atom. The molecule has 3 aromatic rings. The highest BCUT2D eigenvalue weighted by molar-refractivity contribution is 7.14. The smallest absolute Gasteiger partial charge is 0.230 e. The predicted molar refractivity (Wildman–Crippen MR) is 112 cm³/mol. The number of carbonyl (C=O) groups excluding carboxylic acids is 1. The minimum Gasteiger partial charge on any atom is -0.496 e. The second-order valence-corrected chi connectivity index (χ2v) is 7.36. The van der Waals surface area contributed by atoms with Crippen LogP contribution in [0.4, 0.5) is 5.13 Å². The number of rotatable bonds is 7. The third-order valence-corrected chi connectivity index (χ3v) is 5.44. The van der Waals surface area contributed by atoms with Gasteiger partial charge in [-0.25, -0.2) is 4.98 Å². The summed E-state index contributed by atoms with van der Waals surface area (Å²) in [6, 6.07) is 16.0. The van der Waals surface area contributed by atoms with E-state index in [-0.39, 0.29) is 12.3 Å². The number of amides is 1. The van der Waals surface area contributed by atoms with E-state index in [1.165, 1.54) is 16.9 Å². The SMILES string of the molecule is CCC(C)c1ccc(-c2csc(NC(=O)Cc3ccccc3OC)n2)cc1. The quantitative estimate of drug-likeness (QED) is 0.588. The van der Waals surface area contributed by atoms with Crippen molar-refractivity contribution in [2.45, 2.75) is 32.6 Å². The van der Waals surface area contributed by atoms with Crippen LogP contribution in [0.15, 0.2) is 53.9 Å². The standard InChI is InChI=1S/C22H24N2O2S/c1-4-15(2)16-9-11-17(12-10-16)19-14-27-22(23-19)24-21(25)13-18-7-5-6-8-20(18)26-3/h5-12,14-15H,4,13H2,1-3H3,(H,23,24,25). The van der Waals surface area contributed by atoms with Crippen LogP contribution in [0.3, 0.4) is 0 Å². The van der Waals surface area contributed by atoms with Crippen molar-refractivity contribution < 1.29 is 9.53 Å². The van der Waals surface area contributed by atoms with Gasteiger partial charge in [-0.3, -0.25) is 4.79 Å². The van der Waals surface area contributed by atoms with Crippen molar-refractivity contribution in [2.24, 2.45) is 0 Å². The molecule has 0 saturated heterocycles. The summed E-state index contributed by atoms with van der Waals surface area (Å²) in [4.78, 5) is 16.9. The summed E-state index contributed by atoms with van der Waals surface area (Å²) >= 11 is 1.43. The van der Waals surface area contributed by atoms with Crippen molar-refractivity contribution in [1.29, 1.82) is 0 Å². The van der Waals surface area contributed by atoms with E-state index in [4.69, 9.17) is 4.74 Å². The average Bonchev–Trinajstić information content (AvgIpc) is 3.16. The minimum atomic E-state index is -0.104. The molecule has 0 spiro atoms. The molecule has 0 fully saturated rings. The van der Waals surface area contributed by atoms with Crippen molar-refractivity contribution in [3.8, 4) is 17.0 Å². The monoisotopic (exact) mass is 380 g/mol. The van der Waals surface area contributed by atoms with Crippen LogP contribution in [-0.2, 0) is 11.2 Å². The van der Waals surface area contributed by atoms with Gasteiger partial charge in [-0.1, -0.05) is 56.3 Å². The molecule has 4 nitrogen and oxygen atoms in total. The summed E-state index contributed by atoms with van der Waals surface area (Å²) in [5.41, 5.74) is 4.13. The lowest BCUT2D eigenvalue weighted by atomic mass is 9.97. The summed E-state index contributed by atoms with van der Waals surface area (Å²) in [6.07, 6.45) is 1.38. The van der Waals surface area contributed by atoms with Gasteiger partial charge in [0.1, 0.15) is 5.75 Å². The van der Waals surface area contributed by atoms with Crippen LogP contribution in [0.2, 0.25) is 0 Å². The summed E-state index contributed by atoms with van der Waals surface area (Å²) in [6.45, 7) is 4.42. The molecule has 1 atom stereocenters. The number of hydrogen-bond acceptors (Lipinski definition) is 4. The van der Waals surface area contributed by atoms with Crippen LogP contribution in [-0.4, -0.2) is 18.0 Å². The maximum absolute atomic E-state index is 12.3. The normalized spacial score (nSPS) is 11.8. The molecule has 27 heavy (non-hydrogen) atoms. The third-order valence-electron chi connectivity index (χ3n) is 4.68. The largest absolute Gasteiger partial charge is 0.496 e. The van der Waals surface area contributed by atoms with Gasteiger partial charge in [0.05, 0.1) is 19.2 Å². The molecule has 140 valence electrons. The van der Waals surface area contributed by atoms with Gasteiger partial charge in [-0.2, -0.15) is 0 Å². The molecule has 1 unspecified atom stereocenters. The molecule has 3 rings (SSSR count). The molecule has 1 aromatic heterocycles. The van der Waals surface area contributed by atoms with Crippen LogP contribution in [0.1, 0.15) is 37.3 Å². The molecule has 1 N–H and O–H groups in total. The Hall–Kier alpha value is -2.66. The van der Waals surface area contributed by atoms with E-state index >= 15 is 0 Å². The fourth-order valence-corrected chi connectivity index (χ4v) is 3.60. The molecule has 0 bridgehead atoms. The van der Waals surface area contributed by atoms with Crippen molar-refractivity contribution >= 4 is 22.4 Å².